The van der Waals surface area contributed by atoms with Crippen molar-refractivity contribution in [1.29, 1.82) is 0 Å². The molecule has 7 rings (SSSR count). The molecule has 5 aliphatic rings. The van der Waals surface area contributed by atoms with Crippen LogP contribution in [0.1, 0.15) is 59.8 Å². The molecule has 1 N–H and O–H groups in total. The van der Waals surface area contributed by atoms with Crippen LogP contribution in [0.3, 0.4) is 0 Å². The molecule has 41 heavy (non-hydrogen) atoms. The van der Waals surface area contributed by atoms with Gasteiger partial charge in [-0.05, 0) is 66.3 Å². The van der Waals surface area contributed by atoms with E-state index in [0.717, 1.165) is 32.2 Å². The Bertz CT molecular complexity index is 1390. The zero-order valence-electron chi connectivity index (χ0n) is 23.7. The Balaban J connectivity index is 1.26. The Kier molecular flexibility index (Phi) is 6.40. The average molecular weight is 591 g/mol. The molecule has 2 aromatic rings. The molecule has 1 amide bonds. The van der Waals surface area contributed by atoms with Crippen molar-refractivity contribution >= 4 is 34.4 Å². The number of aliphatic hydroxyl groups excluding tert-OH is 1. The van der Waals surface area contributed by atoms with Crippen molar-refractivity contribution in [2.24, 2.45) is 0 Å². The molecule has 11 nitrogen and oxygen atoms in total. The van der Waals surface area contributed by atoms with Crippen LogP contribution < -0.4 is 14.4 Å². The zero-order chi connectivity index (χ0) is 28.8. The standard InChI is InChI=1S/C28H36ClFN6O5/c1-13-22-17-8-7-14(36(17)27(38)41-28(2,3)4)11-35(22)24-19-21(20(30)23(29)32-25(19)40-13)31-26(33-24)39-12-15-10-18(37)16-6-5-9-34(15)16/h13-18,22,37H,5-12H2,1-4H3/t13-,14+,15?,16?,17-,18?,22+/m0/s1. The third-order valence-electron chi connectivity index (χ3n) is 9.21. The Morgan fingerprint density at radius 2 is 2.00 bits per heavy atom. The number of piperazine rings is 1. The largest absolute Gasteiger partial charge is 0.472 e. The van der Waals surface area contributed by atoms with Crippen molar-refractivity contribution in [3.05, 3.63) is 11.0 Å². The molecule has 0 saturated carbocycles. The summed E-state index contributed by atoms with van der Waals surface area (Å²) in [5, 5.41) is 10.5. The molecule has 4 fully saturated rings. The summed E-state index contributed by atoms with van der Waals surface area (Å²) in [5.74, 6) is -0.142. The smallest absolute Gasteiger partial charge is 0.410 e. The molecule has 0 aliphatic carbocycles. The maximum atomic E-state index is 15.5. The van der Waals surface area contributed by atoms with Crippen LogP contribution in [0.25, 0.3) is 10.9 Å². The summed E-state index contributed by atoms with van der Waals surface area (Å²) in [6, 6.07) is -0.375. The molecule has 2 aromatic heterocycles. The van der Waals surface area contributed by atoms with Crippen molar-refractivity contribution in [1.82, 2.24) is 24.8 Å². The van der Waals surface area contributed by atoms with Gasteiger partial charge in [0.05, 0.1) is 24.2 Å². The number of aromatic nitrogens is 3. The monoisotopic (exact) mass is 590 g/mol. The van der Waals surface area contributed by atoms with Crippen LogP contribution in [0, 0.1) is 5.82 Å². The first-order valence-corrected chi connectivity index (χ1v) is 15.0. The van der Waals surface area contributed by atoms with Gasteiger partial charge in [-0.1, -0.05) is 11.6 Å². The van der Waals surface area contributed by atoms with E-state index in [2.05, 4.69) is 19.8 Å². The van der Waals surface area contributed by atoms with E-state index >= 15 is 4.39 Å². The van der Waals surface area contributed by atoms with Gasteiger partial charge in [-0.15, -0.1) is 0 Å². The highest BCUT2D eigenvalue weighted by Gasteiger charge is 2.54. The van der Waals surface area contributed by atoms with Gasteiger partial charge in [0.25, 0.3) is 0 Å². The molecule has 13 heteroatoms. The minimum Gasteiger partial charge on any atom is -0.472 e. The Morgan fingerprint density at radius 3 is 2.78 bits per heavy atom. The van der Waals surface area contributed by atoms with E-state index in [9.17, 15) is 9.90 Å². The number of carbonyl (C=O) groups is 1. The molecular weight excluding hydrogens is 555 g/mol. The van der Waals surface area contributed by atoms with Gasteiger partial charge in [-0.25, -0.2) is 9.18 Å². The van der Waals surface area contributed by atoms with Crippen molar-refractivity contribution in [3.63, 3.8) is 0 Å². The summed E-state index contributed by atoms with van der Waals surface area (Å²) in [7, 11) is 0. The number of nitrogens with zero attached hydrogens (tertiary/aromatic N) is 6. The number of anilines is 1. The van der Waals surface area contributed by atoms with Crippen molar-refractivity contribution < 1.29 is 28.5 Å². The second-order valence-electron chi connectivity index (χ2n) is 12.9. The van der Waals surface area contributed by atoms with E-state index in [1.54, 1.807) is 0 Å². The van der Waals surface area contributed by atoms with Crippen LogP contribution in [0.2, 0.25) is 5.15 Å². The predicted octanol–water partition coefficient (Wildman–Crippen LogP) is 3.53. The molecule has 4 saturated heterocycles. The highest BCUT2D eigenvalue weighted by atomic mass is 35.5. The topological polar surface area (TPSA) is 113 Å². The van der Waals surface area contributed by atoms with E-state index in [-0.39, 0.29) is 71.6 Å². The number of pyridine rings is 1. The minimum atomic E-state index is -0.764. The summed E-state index contributed by atoms with van der Waals surface area (Å²) >= 11 is 6.22. The molecule has 0 spiro atoms. The van der Waals surface area contributed by atoms with Crippen LogP contribution in [-0.4, -0.2) is 104 Å². The molecular formula is C28H36ClFN6O5. The van der Waals surface area contributed by atoms with Gasteiger partial charge >= 0.3 is 12.1 Å². The second kappa shape index (κ2) is 9.67. The molecule has 3 unspecified atom stereocenters. The van der Waals surface area contributed by atoms with Crippen molar-refractivity contribution in [2.45, 2.75) is 108 Å². The minimum absolute atomic E-state index is 0.0136. The first-order chi connectivity index (χ1) is 19.5. The number of amides is 1. The molecule has 7 atom stereocenters. The number of aliphatic hydroxyl groups is 1. The van der Waals surface area contributed by atoms with Crippen LogP contribution in [0.4, 0.5) is 15.0 Å². The van der Waals surface area contributed by atoms with Gasteiger partial charge in [-0.3, -0.25) is 9.80 Å². The summed E-state index contributed by atoms with van der Waals surface area (Å²) < 4.78 is 33.7. The van der Waals surface area contributed by atoms with E-state index in [4.69, 9.17) is 30.8 Å². The summed E-state index contributed by atoms with van der Waals surface area (Å²) in [6.45, 7) is 9.15. The SMILES string of the molecule is C[C@@H]1Oc2nc(Cl)c(F)c3nc(OCC4CC(O)C5CCCN45)nc(c23)N2C[C@H]3CC[C@@H]([C@@H]12)N3C(=O)OC(C)(C)C. The van der Waals surface area contributed by atoms with Crippen LogP contribution >= 0.6 is 11.6 Å². The van der Waals surface area contributed by atoms with E-state index < -0.39 is 17.5 Å². The third-order valence-corrected chi connectivity index (χ3v) is 9.46. The molecule has 0 radical (unpaired) electrons. The molecule has 5 aliphatic heterocycles. The molecule has 222 valence electrons. The number of carbonyl (C=O) groups excluding carboxylic acids is 1. The lowest BCUT2D eigenvalue weighted by atomic mass is 9.98. The number of halogens is 2. The fourth-order valence-electron chi connectivity index (χ4n) is 7.64. The number of rotatable bonds is 3. The van der Waals surface area contributed by atoms with E-state index in [1.165, 1.54) is 0 Å². The maximum absolute atomic E-state index is 15.5. The number of fused-ring (bicyclic) bond motifs is 6. The Hall–Kier alpha value is -2.70. The van der Waals surface area contributed by atoms with Crippen LogP contribution in [0.15, 0.2) is 0 Å². The molecule has 2 bridgehead atoms. The fraction of sp³-hybridized carbons (Fsp3) is 0.714. The normalized spacial score (nSPS) is 32.5. The van der Waals surface area contributed by atoms with Crippen LogP contribution in [0.5, 0.6) is 11.9 Å². The molecule has 0 aromatic carbocycles. The summed E-state index contributed by atoms with van der Waals surface area (Å²) in [4.78, 5) is 33.0. The first kappa shape index (κ1) is 27.2. The average Bonchev–Trinajstić information content (AvgIpc) is 3.56. The highest BCUT2D eigenvalue weighted by Crippen LogP contribution is 2.46. The lowest BCUT2D eigenvalue weighted by Crippen LogP contribution is -2.65. The second-order valence-corrected chi connectivity index (χ2v) is 13.3. The quantitative estimate of drug-likeness (QED) is 0.533. The lowest BCUT2D eigenvalue weighted by molar-refractivity contribution is 0.000935. The Labute approximate surface area is 242 Å². The van der Waals surface area contributed by atoms with Crippen LogP contribution in [-0.2, 0) is 4.74 Å². The predicted molar refractivity (Wildman–Crippen MR) is 148 cm³/mol. The van der Waals surface area contributed by atoms with Gasteiger partial charge in [0.1, 0.15) is 35.0 Å². The fourth-order valence-corrected chi connectivity index (χ4v) is 7.81. The maximum Gasteiger partial charge on any atom is 0.410 e. The van der Waals surface area contributed by atoms with Gasteiger partial charge < -0.3 is 24.2 Å². The van der Waals surface area contributed by atoms with Crippen molar-refractivity contribution in [2.75, 3.05) is 24.6 Å². The Morgan fingerprint density at radius 1 is 1.20 bits per heavy atom. The van der Waals surface area contributed by atoms with Gasteiger partial charge in [0.15, 0.2) is 11.0 Å². The highest BCUT2D eigenvalue weighted by molar-refractivity contribution is 6.30. The number of hydrogen-bond donors (Lipinski definition) is 1. The number of ether oxygens (including phenoxy) is 3. The van der Waals surface area contributed by atoms with Gasteiger partial charge in [0.2, 0.25) is 5.88 Å². The van der Waals surface area contributed by atoms with E-state index in [1.807, 2.05) is 32.6 Å². The van der Waals surface area contributed by atoms with E-state index in [0.29, 0.717) is 24.2 Å². The van der Waals surface area contributed by atoms with Crippen molar-refractivity contribution in [3.8, 4) is 11.9 Å². The molecule has 7 heterocycles. The van der Waals surface area contributed by atoms with Gasteiger partial charge in [-0.2, -0.15) is 15.0 Å². The van der Waals surface area contributed by atoms with Gasteiger partial charge in [0, 0.05) is 18.6 Å². The number of hydrogen-bond acceptors (Lipinski definition) is 10. The lowest BCUT2D eigenvalue weighted by Gasteiger charge is -2.48. The summed E-state index contributed by atoms with van der Waals surface area (Å²) in [5.41, 5.74) is -0.635. The first-order valence-electron chi connectivity index (χ1n) is 14.6. The third kappa shape index (κ3) is 4.44. The summed E-state index contributed by atoms with van der Waals surface area (Å²) in [6.07, 6.45) is 3.07. The zero-order valence-corrected chi connectivity index (χ0v) is 24.5.